The van der Waals surface area contributed by atoms with Gasteiger partial charge in [-0.25, -0.2) is 4.98 Å². The zero-order valence-electron chi connectivity index (χ0n) is 8.96. The second-order valence-electron chi connectivity index (χ2n) is 3.30. The smallest absolute Gasteiger partial charge is 0.236 e. The molecule has 0 unspecified atom stereocenters. The SMILES string of the molecule is N#Cc1cc(N(CC(N)=O)CC(N)=O)ccn1. The van der Waals surface area contributed by atoms with Gasteiger partial charge in [-0.3, -0.25) is 9.59 Å². The highest BCUT2D eigenvalue weighted by Gasteiger charge is 2.12. The summed E-state index contributed by atoms with van der Waals surface area (Å²) in [5.74, 6) is -1.19. The second kappa shape index (κ2) is 5.46. The van der Waals surface area contributed by atoms with Crippen LogP contribution in [0.15, 0.2) is 18.3 Å². The fraction of sp³-hybridized carbons (Fsp3) is 0.200. The quantitative estimate of drug-likeness (QED) is 0.655. The third-order valence-corrected chi connectivity index (χ3v) is 1.92. The average molecular weight is 233 g/mol. The molecule has 1 rings (SSSR count). The molecule has 0 aliphatic heterocycles. The Balaban J connectivity index is 2.99. The lowest BCUT2D eigenvalue weighted by Crippen LogP contribution is -2.39. The van der Waals surface area contributed by atoms with Gasteiger partial charge in [-0.1, -0.05) is 0 Å². The van der Waals surface area contributed by atoms with E-state index in [2.05, 4.69) is 4.98 Å². The van der Waals surface area contributed by atoms with Gasteiger partial charge in [0.25, 0.3) is 0 Å². The molecule has 0 saturated heterocycles. The minimum atomic E-state index is -0.596. The van der Waals surface area contributed by atoms with Gasteiger partial charge in [0.2, 0.25) is 11.8 Å². The molecule has 88 valence electrons. The summed E-state index contributed by atoms with van der Waals surface area (Å²) in [6.07, 6.45) is 1.41. The van der Waals surface area contributed by atoms with Crippen LogP contribution in [0, 0.1) is 11.3 Å². The number of primary amides is 2. The number of rotatable bonds is 5. The van der Waals surface area contributed by atoms with Gasteiger partial charge in [0.05, 0.1) is 13.1 Å². The normalized spacial score (nSPS) is 9.35. The zero-order chi connectivity index (χ0) is 12.8. The number of anilines is 1. The number of nitriles is 1. The molecule has 1 aromatic heterocycles. The molecule has 7 nitrogen and oxygen atoms in total. The van der Waals surface area contributed by atoms with Crippen LogP contribution in [0.4, 0.5) is 5.69 Å². The van der Waals surface area contributed by atoms with Gasteiger partial charge in [-0.2, -0.15) is 5.26 Å². The Morgan fingerprint density at radius 3 is 2.41 bits per heavy atom. The Bertz CT molecular complexity index is 464. The van der Waals surface area contributed by atoms with Crippen LogP contribution < -0.4 is 16.4 Å². The summed E-state index contributed by atoms with van der Waals surface area (Å²) in [5, 5.41) is 8.69. The Hall–Kier alpha value is -2.62. The molecule has 2 amide bonds. The molecule has 0 aliphatic carbocycles. The van der Waals surface area contributed by atoms with Crippen molar-refractivity contribution in [2.24, 2.45) is 11.5 Å². The topological polar surface area (TPSA) is 126 Å². The molecule has 0 aliphatic rings. The number of hydrogen-bond acceptors (Lipinski definition) is 5. The van der Waals surface area contributed by atoms with Crippen LogP contribution >= 0.6 is 0 Å². The van der Waals surface area contributed by atoms with Crippen LogP contribution in [0.5, 0.6) is 0 Å². The maximum atomic E-state index is 10.9. The minimum absolute atomic E-state index is 0.155. The van der Waals surface area contributed by atoms with Crippen LogP contribution in [0.2, 0.25) is 0 Å². The first-order valence-corrected chi connectivity index (χ1v) is 4.70. The van der Waals surface area contributed by atoms with Gasteiger partial charge in [-0.05, 0) is 12.1 Å². The highest BCUT2D eigenvalue weighted by Crippen LogP contribution is 2.13. The first kappa shape index (κ1) is 12.4. The number of hydrogen-bond donors (Lipinski definition) is 2. The van der Waals surface area contributed by atoms with Gasteiger partial charge in [0.15, 0.2) is 0 Å². The number of carbonyl (C=O) groups is 2. The monoisotopic (exact) mass is 233 g/mol. The molecule has 1 aromatic rings. The van der Waals surface area contributed by atoms with Crippen LogP contribution in [0.25, 0.3) is 0 Å². The number of amides is 2. The lowest BCUT2D eigenvalue weighted by Gasteiger charge is -2.21. The molecule has 17 heavy (non-hydrogen) atoms. The van der Waals surface area contributed by atoms with Crippen molar-refractivity contribution in [3.8, 4) is 6.07 Å². The van der Waals surface area contributed by atoms with E-state index in [0.717, 1.165) is 0 Å². The van der Waals surface area contributed by atoms with E-state index in [-0.39, 0.29) is 18.8 Å². The molecule has 7 heteroatoms. The molecule has 0 fully saturated rings. The highest BCUT2D eigenvalue weighted by atomic mass is 16.2. The number of aromatic nitrogens is 1. The first-order chi connectivity index (χ1) is 8.02. The van der Waals surface area contributed by atoms with Crippen molar-refractivity contribution >= 4 is 17.5 Å². The predicted molar refractivity (Wildman–Crippen MR) is 59.6 cm³/mol. The molecule has 0 atom stereocenters. The van der Waals surface area contributed by atoms with E-state index in [4.69, 9.17) is 16.7 Å². The average Bonchev–Trinajstić information content (AvgIpc) is 2.27. The van der Waals surface area contributed by atoms with E-state index in [9.17, 15) is 9.59 Å². The molecular formula is C10H11N5O2. The van der Waals surface area contributed by atoms with Crippen molar-refractivity contribution in [1.29, 1.82) is 5.26 Å². The lowest BCUT2D eigenvalue weighted by molar-refractivity contribution is -0.117. The first-order valence-electron chi connectivity index (χ1n) is 4.70. The third kappa shape index (κ3) is 3.79. The number of nitrogens with two attached hydrogens (primary N) is 2. The Labute approximate surface area is 97.6 Å². The molecule has 0 spiro atoms. The largest absolute Gasteiger partial charge is 0.368 e. The van der Waals surface area contributed by atoms with Gasteiger partial charge in [-0.15, -0.1) is 0 Å². The van der Waals surface area contributed by atoms with Crippen LogP contribution in [-0.4, -0.2) is 29.9 Å². The van der Waals surface area contributed by atoms with E-state index < -0.39 is 11.8 Å². The number of nitrogens with zero attached hydrogens (tertiary/aromatic N) is 3. The molecular weight excluding hydrogens is 222 g/mol. The summed E-state index contributed by atoms with van der Waals surface area (Å²) in [6.45, 7) is -0.310. The summed E-state index contributed by atoms with van der Waals surface area (Å²) < 4.78 is 0. The van der Waals surface area contributed by atoms with E-state index in [1.165, 1.54) is 17.2 Å². The Morgan fingerprint density at radius 2 is 1.94 bits per heavy atom. The summed E-state index contributed by atoms with van der Waals surface area (Å²) in [5.41, 5.74) is 10.8. The maximum Gasteiger partial charge on any atom is 0.236 e. The van der Waals surface area contributed by atoms with Crippen molar-refractivity contribution in [3.05, 3.63) is 24.0 Å². The summed E-state index contributed by atoms with van der Waals surface area (Å²) in [7, 11) is 0. The summed E-state index contributed by atoms with van der Waals surface area (Å²) in [4.78, 5) is 26.9. The molecule has 1 heterocycles. The number of pyridine rings is 1. The molecule has 4 N–H and O–H groups in total. The molecule has 0 radical (unpaired) electrons. The Kier molecular flexibility index (Phi) is 4.00. The van der Waals surface area contributed by atoms with E-state index >= 15 is 0 Å². The van der Waals surface area contributed by atoms with Crippen molar-refractivity contribution in [1.82, 2.24) is 4.98 Å². The van der Waals surface area contributed by atoms with E-state index in [1.54, 1.807) is 6.07 Å². The van der Waals surface area contributed by atoms with Crippen LogP contribution in [-0.2, 0) is 9.59 Å². The number of carbonyl (C=O) groups excluding carboxylic acids is 2. The molecule has 0 saturated carbocycles. The van der Waals surface area contributed by atoms with Gasteiger partial charge in [0.1, 0.15) is 11.8 Å². The summed E-state index contributed by atoms with van der Waals surface area (Å²) in [6, 6.07) is 4.87. The van der Waals surface area contributed by atoms with Crippen molar-refractivity contribution in [3.63, 3.8) is 0 Å². The van der Waals surface area contributed by atoms with Crippen LogP contribution in [0.1, 0.15) is 5.69 Å². The van der Waals surface area contributed by atoms with Crippen LogP contribution in [0.3, 0.4) is 0 Å². The third-order valence-electron chi connectivity index (χ3n) is 1.92. The Morgan fingerprint density at radius 1 is 1.35 bits per heavy atom. The zero-order valence-corrected chi connectivity index (χ0v) is 8.96. The fourth-order valence-corrected chi connectivity index (χ4v) is 1.29. The predicted octanol–water partition coefficient (Wildman–Crippen LogP) is -1.27. The fourth-order valence-electron chi connectivity index (χ4n) is 1.29. The molecule has 0 bridgehead atoms. The minimum Gasteiger partial charge on any atom is -0.368 e. The van der Waals surface area contributed by atoms with Gasteiger partial charge < -0.3 is 16.4 Å². The van der Waals surface area contributed by atoms with E-state index in [0.29, 0.717) is 5.69 Å². The second-order valence-corrected chi connectivity index (χ2v) is 3.30. The highest BCUT2D eigenvalue weighted by molar-refractivity contribution is 5.84. The van der Waals surface area contributed by atoms with Gasteiger partial charge >= 0.3 is 0 Å². The van der Waals surface area contributed by atoms with Crippen molar-refractivity contribution < 1.29 is 9.59 Å². The van der Waals surface area contributed by atoms with Crippen molar-refractivity contribution in [2.75, 3.05) is 18.0 Å². The molecule has 0 aromatic carbocycles. The van der Waals surface area contributed by atoms with E-state index in [1.807, 2.05) is 6.07 Å². The van der Waals surface area contributed by atoms with Crippen molar-refractivity contribution in [2.45, 2.75) is 0 Å². The standard InChI is InChI=1S/C10H11N5O2/c11-4-7-3-8(1-2-14-7)15(5-9(12)16)6-10(13)17/h1-3H,5-6H2,(H2,12,16)(H2,13,17). The maximum absolute atomic E-state index is 10.9. The van der Waals surface area contributed by atoms with Gasteiger partial charge in [0, 0.05) is 11.9 Å². The lowest BCUT2D eigenvalue weighted by atomic mass is 10.3. The summed E-state index contributed by atoms with van der Waals surface area (Å²) >= 11 is 0.